The number of rotatable bonds is 10. The van der Waals surface area contributed by atoms with E-state index in [4.69, 9.17) is 15.2 Å². The largest absolute Gasteiger partial charge is 0.494 e. The van der Waals surface area contributed by atoms with Gasteiger partial charge in [-0.3, -0.25) is 14.3 Å². The Bertz CT molecular complexity index is 1600. The number of aryl methyl sites for hydroxylation is 1. The predicted octanol–water partition coefficient (Wildman–Crippen LogP) is 4.72. The molecule has 1 aliphatic heterocycles. The number of anilines is 4. The average Bonchev–Trinajstić information content (AvgIpc) is 3.47. The van der Waals surface area contributed by atoms with Crippen LogP contribution < -0.4 is 25.8 Å². The number of likely N-dealkylation sites (tertiary alicyclic amines) is 1. The number of benzene rings is 2. The fourth-order valence-electron chi connectivity index (χ4n) is 4.77. The maximum atomic E-state index is 12.2. The number of nitrogens with two attached hydrogens (primary N) is 1. The lowest BCUT2D eigenvalue weighted by atomic mass is 10.1. The molecule has 2 aromatic heterocycles. The van der Waals surface area contributed by atoms with Gasteiger partial charge in [-0.25, -0.2) is 4.98 Å². The fourth-order valence-corrected chi connectivity index (χ4v) is 4.77. The lowest BCUT2D eigenvalue weighted by Crippen LogP contribution is -2.38. The minimum absolute atomic E-state index is 0.0542. The zero-order valence-electron chi connectivity index (χ0n) is 23.4. The van der Waals surface area contributed by atoms with Gasteiger partial charge in [-0.05, 0) is 49.6 Å². The molecule has 0 unspecified atom stereocenters. The first-order valence-corrected chi connectivity index (χ1v) is 13.4. The van der Waals surface area contributed by atoms with Gasteiger partial charge in [-0.1, -0.05) is 24.8 Å². The van der Waals surface area contributed by atoms with Crippen molar-refractivity contribution in [2.24, 2.45) is 5.73 Å². The van der Waals surface area contributed by atoms with Gasteiger partial charge in [0.05, 0.1) is 30.7 Å². The highest BCUT2D eigenvalue weighted by molar-refractivity contribution is 5.98. The van der Waals surface area contributed by atoms with E-state index in [-0.39, 0.29) is 29.3 Å². The van der Waals surface area contributed by atoms with Crippen LogP contribution in [0.25, 0.3) is 0 Å². The van der Waals surface area contributed by atoms with Crippen LogP contribution in [0.15, 0.2) is 73.7 Å². The van der Waals surface area contributed by atoms with Gasteiger partial charge in [-0.2, -0.15) is 10.1 Å². The SMILES string of the molecule is C=CC(=O)N1CCC(n2cc(Nc3ncc(C(N)=O)c(Nc4c(C)cc(Oc5ccccc5)cc4OC)n3)cn2)CC1. The van der Waals surface area contributed by atoms with Crippen molar-refractivity contribution in [2.45, 2.75) is 25.8 Å². The summed E-state index contributed by atoms with van der Waals surface area (Å²) in [7, 11) is 1.55. The number of methoxy groups -OCH3 is 1. The number of amides is 2. The molecule has 2 aromatic carbocycles. The highest BCUT2D eigenvalue weighted by atomic mass is 16.5. The zero-order chi connectivity index (χ0) is 29.6. The highest BCUT2D eigenvalue weighted by Crippen LogP contribution is 2.37. The molecule has 1 aliphatic rings. The number of piperidine rings is 1. The van der Waals surface area contributed by atoms with Gasteiger partial charge in [0.1, 0.15) is 28.6 Å². The predicted molar refractivity (Wildman–Crippen MR) is 159 cm³/mol. The van der Waals surface area contributed by atoms with Gasteiger partial charge in [0.25, 0.3) is 5.91 Å². The van der Waals surface area contributed by atoms with E-state index in [0.717, 1.165) is 18.4 Å². The number of carbonyl (C=O) groups excluding carboxylic acids is 2. The Morgan fingerprint density at radius 1 is 1.10 bits per heavy atom. The summed E-state index contributed by atoms with van der Waals surface area (Å²) in [6.07, 6.45) is 7.83. The Balaban J connectivity index is 1.34. The van der Waals surface area contributed by atoms with Crippen LogP contribution in [-0.2, 0) is 4.79 Å². The molecule has 12 heteroatoms. The van der Waals surface area contributed by atoms with E-state index in [1.807, 2.05) is 54.2 Å². The minimum Gasteiger partial charge on any atom is -0.494 e. The van der Waals surface area contributed by atoms with Gasteiger partial charge >= 0.3 is 0 Å². The van der Waals surface area contributed by atoms with Crippen LogP contribution in [0.3, 0.4) is 0 Å². The van der Waals surface area contributed by atoms with Crippen molar-refractivity contribution in [1.29, 1.82) is 0 Å². The second-order valence-corrected chi connectivity index (χ2v) is 9.77. The summed E-state index contributed by atoms with van der Waals surface area (Å²) in [6, 6.07) is 13.2. The van der Waals surface area contributed by atoms with Crippen LogP contribution in [0.4, 0.5) is 23.1 Å². The van der Waals surface area contributed by atoms with Crippen molar-refractivity contribution in [2.75, 3.05) is 30.8 Å². The topological polar surface area (TPSA) is 150 Å². The first-order chi connectivity index (χ1) is 20.3. The van der Waals surface area contributed by atoms with Gasteiger partial charge < -0.3 is 30.7 Å². The van der Waals surface area contributed by atoms with Crippen molar-refractivity contribution in [3.63, 3.8) is 0 Å². The molecular formula is C30H32N8O4. The maximum absolute atomic E-state index is 12.2. The second-order valence-electron chi connectivity index (χ2n) is 9.77. The molecule has 1 saturated heterocycles. The smallest absolute Gasteiger partial charge is 0.254 e. The van der Waals surface area contributed by atoms with Crippen LogP contribution in [-0.4, -0.2) is 56.7 Å². The summed E-state index contributed by atoms with van der Waals surface area (Å²) in [5, 5.41) is 10.8. The molecule has 0 spiro atoms. The van der Waals surface area contributed by atoms with Crippen molar-refractivity contribution in [3.05, 3.63) is 84.8 Å². The number of hydrogen-bond acceptors (Lipinski definition) is 9. The highest BCUT2D eigenvalue weighted by Gasteiger charge is 2.23. The molecule has 2 amide bonds. The number of nitrogens with one attached hydrogen (secondary N) is 2. The van der Waals surface area contributed by atoms with Gasteiger partial charge in [-0.15, -0.1) is 0 Å². The average molecular weight is 569 g/mol. The lowest BCUT2D eigenvalue weighted by Gasteiger charge is -2.31. The van der Waals surface area contributed by atoms with Crippen LogP contribution in [0.5, 0.6) is 17.2 Å². The van der Waals surface area contributed by atoms with Crippen LogP contribution in [0, 0.1) is 6.92 Å². The number of nitrogens with zero attached hydrogens (tertiary/aromatic N) is 5. The third kappa shape index (κ3) is 6.33. The molecule has 216 valence electrons. The Hall–Kier alpha value is -5.39. The summed E-state index contributed by atoms with van der Waals surface area (Å²) in [6.45, 7) is 6.74. The normalized spacial score (nSPS) is 13.3. The van der Waals surface area contributed by atoms with Crippen molar-refractivity contribution >= 4 is 35.0 Å². The van der Waals surface area contributed by atoms with E-state index >= 15 is 0 Å². The summed E-state index contributed by atoms with van der Waals surface area (Å²) >= 11 is 0. The van der Waals surface area contributed by atoms with E-state index in [9.17, 15) is 9.59 Å². The van der Waals surface area contributed by atoms with Crippen LogP contribution in [0.1, 0.15) is 34.8 Å². The summed E-state index contributed by atoms with van der Waals surface area (Å²) < 4.78 is 13.5. The van der Waals surface area contributed by atoms with Crippen molar-refractivity contribution in [1.82, 2.24) is 24.6 Å². The molecule has 4 N–H and O–H groups in total. The Morgan fingerprint density at radius 3 is 2.55 bits per heavy atom. The maximum Gasteiger partial charge on any atom is 0.254 e. The zero-order valence-corrected chi connectivity index (χ0v) is 23.4. The number of para-hydroxylation sites is 1. The van der Waals surface area contributed by atoms with E-state index in [1.54, 1.807) is 24.3 Å². The molecule has 4 aromatic rings. The van der Waals surface area contributed by atoms with Gasteiger partial charge in [0, 0.05) is 31.5 Å². The fraction of sp³-hybridized carbons (Fsp3) is 0.233. The quantitative estimate of drug-likeness (QED) is 0.231. The molecular weight excluding hydrogens is 536 g/mol. The number of carbonyl (C=O) groups is 2. The van der Waals surface area contributed by atoms with E-state index in [2.05, 4.69) is 32.3 Å². The molecule has 0 bridgehead atoms. The third-order valence-corrected chi connectivity index (χ3v) is 6.95. The number of primary amides is 1. The molecule has 3 heterocycles. The second kappa shape index (κ2) is 12.4. The number of hydrogen-bond donors (Lipinski definition) is 3. The van der Waals surface area contributed by atoms with Gasteiger partial charge in [0.15, 0.2) is 0 Å². The van der Waals surface area contributed by atoms with Gasteiger partial charge in [0.2, 0.25) is 11.9 Å². The van der Waals surface area contributed by atoms with E-state index in [0.29, 0.717) is 41.7 Å². The molecule has 0 saturated carbocycles. The Kier molecular flexibility index (Phi) is 8.32. The molecule has 0 radical (unpaired) electrons. The summed E-state index contributed by atoms with van der Waals surface area (Å²) in [5.74, 6) is 1.50. The number of ether oxygens (including phenoxy) is 2. The molecule has 1 fully saturated rings. The number of aromatic nitrogens is 4. The first-order valence-electron chi connectivity index (χ1n) is 13.4. The van der Waals surface area contributed by atoms with Crippen LogP contribution in [0.2, 0.25) is 0 Å². The molecule has 5 rings (SSSR count). The lowest BCUT2D eigenvalue weighted by molar-refractivity contribution is -0.127. The minimum atomic E-state index is -0.682. The molecule has 0 aliphatic carbocycles. The molecule has 0 atom stereocenters. The summed E-state index contributed by atoms with van der Waals surface area (Å²) in [4.78, 5) is 34.7. The first kappa shape index (κ1) is 28.1. The molecule has 42 heavy (non-hydrogen) atoms. The summed E-state index contributed by atoms with van der Waals surface area (Å²) in [5.41, 5.74) is 7.82. The standard InChI is InChI=1S/C30H32N8O4/c1-4-26(39)37-12-10-21(11-13-37)38-18-20(16-33-38)34-30-32-17-24(28(31)40)29(36-30)35-27-19(2)14-23(15-25(27)41-3)42-22-8-6-5-7-9-22/h4-9,14-18,21H,1,10-13H2,2-3H3,(H2,31,40)(H2,32,34,35,36). The van der Waals surface area contributed by atoms with Crippen molar-refractivity contribution < 1.29 is 19.1 Å². The third-order valence-electron chi connectivity index (χ3n) is 6.95. The van der Waals surface area contributed by atoms with E-state index in [1.165, 1.54) is 12.3 Å². The Labute approximate surface area is 243 Å². The van der Waals surface area contributed by atoms with Crippen LogP contribution >= 0.6 is 0 Å². The van der Waals surface area contributed by atoms with Crippen molar-refractivity contribution in [3.8, 4) is 17.2 Å². The Morgan fingerprint density at radius 2 is 1.86 bits per heavy atom. The monoisotopic (exact) mass is 568 g/mol. The molecule has 12 nitrogen and oxygen atoms in total. The van der Waals surface area contributed by atoms with E-state index < -0.39 is 5.91 Å².